The van der Waals surface area contributed by atoms with Gasteiger partial charge in [-0.25, -0.2) is 22.0 Å². The second kappa shape index (κ2) is 5.38. The number of carbonyl (C=O) groups is 1. The smallest absolute Gasteiger partial charge is 0.341 e. The summed E-state index contributed by atoms with van der Waals surface area (Å²) in [4.78, 5) is 9.67. The molecule has 0 aliphatic carbocycles. The van der Waals surface area contributed by atoms with E-state index in [9.17, 15) is 26.4 Å². The summed E-state index contributed by atoms with van der Waals surface area (Å²) in [5, 5.41) is 8.58. The molecule has 100 valence electrons. The maximum absolute atomic E-state index is 13.6. The third kappa shape index (κ3) is 2.81. The highest BCUT2D eigenvalue weighted by Gasteiger charge is 2.26. The number of carboxylic acid groups (broad SMARTS) is 1. The van der Waals surface area contributed by atoms with Crippen LogP contribution in [0.5, 0.6) is 0 Å². The van der Waals surface area contributed by atoms with Crippen LogP contribution in [0, 0.1) is 11.6 Å². The van der Waals surface area contributed by atoms with Crippen LogP contribution in [0.2, 0.25) is 0 Å². The molecule has 0 unspecified atom stereocenters. The highest BCUT2D eigenvalue weighted by Crippen LogP contribution is 2.22. The highest BCUT2D eigenvalue weighted by atomic mass is 32.2. The highest BCUT2D eigenvalue weighted by molar-refractivity contribution is 7.91. The van der Waals surface area contributed by atoms with Crippen molar-refractivity contribution >= 4 is 15.8 Å². The second-order valence-corrected chi connectivity index (χ2v) is 5.48. The van der Waals surface area contributed by atoms with Crippen molar-refractivity contribution in [3.8, 4) is 0 Å². The Bertz CT molecular complexity index is 569. The maximum atomic E-state index is 13.6. The summed E-state index contributed by atoms with van der Waals surface area (Å²) >= 11 is 0. The van der Waals surface area contributed by atoms with Crippen LogP contribution in [0.4, 0.5) is 13.2 Å². The minimum atomic E-state index is -4.17. The molecule has 0 aliphatic rings. The summed E-state index contributed by atoms with van der Waals surface area (Å²) in [6, 6.07) is 1.18. The quantitative estimate of drug-likeness (QED) is 0.836. The fraction of sp³-hybridized carbons (Fsp3) is 0.300. The Morgan fingerprint density at radius 1 is 1.28 bits per heavy atom. The zero-order chi connectivity index (χ0) is 13.9. The van der Waals surface area contributed by atoms with Gasteiger partial charge in [0.1, 0.15) is 16.3 Å². The van der Waals surface area contributed by atoms with Crippen LogP contribution in [-0.4, -0.2) is 31.9 Å². The van der Waals surface area contributed by atoms with Gasteiger partial charge in [-0.1, -0.05) is 0 Å². The monoisotopic (exact) mass is 282 g/mol. The van der Waals surface area contributed by atoms with Crippen molar-refractivity contribution in [1.82, 2.24) is 0 Å². The van der Waals surface area contributed by atoms with E-state index in [1.54, 1.807) is 0 Å². The Morgan fingerprint density at radius 2 is 1.89 bits per heavy atom. The average Bonchev–Trinajstić information content (AvgIpc) is 2.25. The molecule has 18 heavy (non-hydrogen) atoms. The first-order chi connectivity index (χ1) is 8.31. The number of alkyl halides is 1. The fourth-order valence-electron chi connectivity index (χ4n) is 1.32. The number of hydrogen-bond acceptors (Lipinski definition) is 3. The van der Waals surface area contributed by atoms with Crippen LogP contribution in [0.25, 0.3) is 0 Å². The molecular weight excluding hydrogens is 273 g/mol. The topological polar surface area (TPSA) is 71.4 Å². The lowest BCUT2D eigenvalue weighted by Gasteiger charge is -2.07. The number of halogens is 3. The summed E-state index contributed by atoms with van der Waals surface area (Å²) in [6.07, 6.45) is -0.346. The first-order valence-electron chi connectivity index (χ1n) is 4.81. The van der Waals surface area contributed by atoms with Gasteiger partial charge < -0.3 is 5.11 Å². The van der Waals surface area contributed by atoms with Gasteiger partial charge in [-0.2, -0.15) is 0 Å². The van der Waals surface area contributed by atoms with Crippen molar-refractivity contribution in [1.29, 1.82) is 0 Å². The van der Waals surface area contributed by atoms with Gasteiger partial charge in [0.05, 0.1) is 12.4 Å². The van der Waals surface area contributed by atoms with E-state index in [-0.39, 0.29) is 6.42 Å². The van der Waals surface area contributed by atoms with E-state index in [1.165, 1.54) is 0 Å². The van der Waals surface area contributed by atoms with Gasteiger partial charge in [0.15, 0.2) is 15.7 Å². The third-order valence-electron chi connectivity index (χ3n) is 2.15. The van der Waals surface area contributed by atoms with Crippen LogP contribution in [0.1, 0.15) is 16.8 Å². The van der Waals surface area contributed by atoms with Gasteiger partial charge in [-0.15, -0.1) is 0 Å². The summed E-state index contributed by atoms with van der Waals surface area (Å²) in [6.45, 7) is -0.909. The molecule has 0 heterocycles. The third-order valence-corrected chi connectivity index (χ3v) is 3.96. The Morgan fingerprint density at radius 3 is 2.39 bits per heavy atom. The van der Waals surface area contributed by atoms with Crippen LogP contribution in [0.15, 0.2) is 17.0 Å². The molecule has 0 atom stereocenters. The van der Waals surface area contributed by atoms with Gasteiger partial charge >= 0.3 is 5.97 Å². The maximum Gasteiger partial charge on any atom is 0.341 e. The summed E-state index contributed by atoms with van der Waals surface area (Å²) in [5.74, 6) is -5.62. The first-order valence-corrected chi connectivity index (χ1v) is 6.46. The van der Waals surface area contributed by atoms with Crippen molar-refractivity contribution in [3.63, 3.8) is 0 Å². The van der Waals surface area contributed by atoms with E-state index in [2.05, 4.69) is 0 Å². The lowest BCUT2D eigenvalue weighted by atomic mass is 10.2. The van der Waals surface area contributed by atoms with Gasteiger partial charge in [-0.05, 0) is 18.6 Å². The van der Waals surface area contributed by atoms with E-state index in [0.717, 1.165) is 0 Å². The first kappa shape index (κ1) is 14.5. The van der Waals surface area contributed by atoms with Gasteiger partial charge in [0.25, 0.3) is 0 Å². The minimum Gasteiger partial charge on any atom is -0.477 e. The predicted octanol–water partition coefficient (Wildman–Crippen LogP) is 1.80. The molecule has 1 aromatic carbocycles. The van der Waals surface area contributed by atoms with Crippen LogP contribution < -0.4 is 0 Å². The molecule has 1 rings (SSSR count). The molecule has 0 bridgehead atoms. The van der Waals surface area contributed by atoms with E-state index in [1.807, 2.05) is 0 Å². The Labute approximate surface area is 101 Å². The molecule has 1 aromatic rings. The van der Waals surface area contributed by atoms with Crippen molar-refractivity contribution < 1.29 is 31.5 Å². The largest absolute Gasteiger partial charge is 0.477 e. The van der Waals surface area contributed by atoms with E-state index >= 15 is 0 Å². The molecule has 0 saturated carbocycles. The van der Waals surface area contributed by atoms with Crippen LogP contribution in [-0.2, 0) is 9.84 Å². The number of hydrogen-bond donors (Lipinski definition) is 1. The standard InChI is InChI=1S/C10H9F3O4S/c11-4-1-5-18(16,17)7-3-2-6(12)8(9(7)13)10(14)15/h2-3H,1,4-5H2,(H,14,15). The molecule has 0 spiro atoms. The fourth-order valence-corrected chi connectivity index (χ4v) is 2.68. The van der Waals surface area contributed by atoms with Crippen LogP contribution in [0.3, 0.4) is 0 Å². The molecule has 4 nitrogen and oxygen atoms in total. The van der Waals surface area contributed by atoms with Crippen molar-refractivity contribution in [3.05, 3.63) is 29.3 Å². The number of carboxylic acids is 1. The molecule has 8 heteroatoms. The lowest BCUT2D eigenvalue weighted by molar-refractivity contribution is 0.0685. The second-order valence-electron chi connectivity index (χ2n) is 3.40. The van der Waals surface area contributed by atoms with Crippen LogP contribution >= 0.6 is 0 Å². The predicted molar refractivity (Wildman–Crippen MR) is 56.0 cm³/mol. The normalized spacial score (nSPS) is 11.5. The molecule has 1 N–H and O–H groups in total. The Kier molecular flexibility index (Phi) is 4.33. The van der Waals surface area contributed by atoms with Gasteiger partial charge in [-0.3, -0.25) is 4.39 Å². The van der Waals surface area contributed by atoms with Crippen molar-refractivity contribution in [2.24, 2.45) is 0 Å². The Hall–Kier alpha value is -1.57. The lowest BCUT2D eigenvalue weighted by Crippen LogP contribution is -2.14. The number of aromatic carboxylic acids is 1. The van der Waals surface area contributed by atoms with E-state index in [4.69, 9.17) is 5.11 Å². The molecule has 0 radical (unpaired) electrons. The van der Waals surface area contributed by atoms with Crippen molar-refractivity contribution in [2.75, 3.05) is 12.4 Å². The summed E-state index contributed by atoms with van der Waals surface area (Å²) < 4.78 is 61.7. The van der Waals surface area contributed by atoms with Gasteiger partial charge in [0.2, 0.25) is 0 Å². The van der Waals surface area contributed by atoms with E-state index in [0.29, 0.717) is 12.1 Å². The number of benzene rings is 1. The molecule has 0 amide bonds. The summed E-state index contributed by atoms with van der Waals surface area (Å²) in [7, 11) is -4.17. The molecular formula is C10H9F3O4S. The number of sulfone groups is 1. The van der Waals surface area contributed by atoms with Crippen molar-refractivity contribution in [2.45, 2.75) is 11.3 Å². The molecule has 0 fully saturated rings. The number of rotatable bonds is 5. The average molecular weight is 282 g/mol. The Balaban J connectivity index is 3.36. The molecule has 0 aliphatic heterocycles. The summed E-state index contributed by atoms with van der Waals surface area (Å²) in [5.41, 5.74) is -1.34. The SMILES string of the molecule is O=C(O)c1c(F)ccc(S(=O)(=O)CCCF)c1F. The molecule has 0 saturated heterocycles. The minimum absolute atomic E-state index is 0.346. The zero-order valence-electron chi connectivity index (χ0n) is 8.99. The zero-order valence-corrected chi connectivity index (χ0v) is 9.81. The molecule has 0 aromatic heterocycles. The van der Waals surface area contributed by atoms with E-state index < -0.39 is 50.3 Å². The van der Waals surface area contributed by atoms with Gasteiger partial charge in [0, 0.05) is 0 Å².